The Balaban J connectivity index is 1.72. The third kappa shape index (κ3) is 4.63. The van der Waals surface area contributed by atoms with Crippen LogP contribution in [0.3, 0.4) is 0 Å². The number of hydrogen-bond donors (Lipinski definition) is 0. The Labute approximate surface area is 322 Å². The minimum atomic E-state index is 1.03. The number of fused-ring (bicyclic) bond motifs is 5. The summed E-state index contributed by atoms with van der Waals surface area (Å²) in [6.45, 7) is 34.8. The summed E-state index contributed by atoms with van der Waals surface area (Å²) >= 11 is 0. The molecule has 272 valence electrons. The first kappa shape index (κ1) is 35.9. The van der Waals surface area contributed by atoms with Crippen molar-refractivity contribution in [3.63, 3.8) is 0 Å². The summed E-state index contributed by atoms with van der Waals surface area (Å²) in [4.78, 5) is 0. The van der Waals surface area contributed by atoms with Crippen LogP contribution in [0.2, 0.25) is 0 Å². The van der Waals surface area contributed by atoms with Crippen LogP contribution in [0, 0.1) is 104 Å². The van der Waals surface area contributed by atoms with E-state index in [0.717, 1.165) is 11.2 Å². The number of aryl methyl sites for hydroxylation is 8. The van der Waals surface area contributed by atoms with Gasteiger partial charge in [-0.2, -0.15) is 0 Å². The highest BCUT2D eigenvalue weighted by Crippen LogP contribution is 2.54. The fourth-order valence-corrected chi connectivity index (χ4v) is 9.95. The lowest BCUT2D eigenvalue weighted by molar-refractivity contribution is 0.661. The van der Waals surface area contributed by atoms with Gasteiger partial charge in [-0.3, -0.25) is 0 Å². The summed E-state index contributed by atoms with van der Waals surface area (Å²) in [6.07, 6.45) is 0. The van der Waals surface area contributed by atoms with E-state index >= 15 is 0 Å². The van der Waals surface area contributed by atoms with E-state index in [9.17, 15) is 0 Å². The lowest BCUT2D eigenvalue weighted by atomic mass is 9.74. The molecular formula is C53H54O. The van der Waals surface area contributed by atoms with E-state index in [0.29, 0.717) is 0 Å². The van der Waals surface area contributed by atoms with Gasteiger partial charge in [-0.15, -0.1) is 0 Å². The molecule has 0 unspecified atom stereocenters. The van der Waals surface area contributed by atoms with Crippen molar-refractivity contribution in [2.45, 2.75) is 104 Å². The van der Waals surface area contributed by atoms with Crippen LogP contribution in [0.25, 0.3) is 76.9 Å². The standard InChI is InChI=1S/C53H54O/c1-25-27(3)33(9)46-44(31(25)7)50(42-24-20-19-23-41(42)40-21-17-16-18-22-40)45-32(8)26(2)28(4)34(10)47(45)51(46)43-36(12)38(14)53-49(39(43)15)48-35(11)29(5)30(6)37(13)52(48)54-53/h16-24H,1-15H3. The molecule has 1 aromatic heterocycles. The third-order valence-corrected chi connectivity index (χ3v) is 14.2. The molecule has 1 heteroatoms. The smallest absolute Gasteiger partial charge is 0.138 e. The predicted molar refractivity (Wildman–Crippen MR) is 236 cm³/mol. The van der Waals surface area contributed by atoms with Crippen LogP contribution in [-0.4, -0.2) is 0 Å². The van der Waals surface area contributed by atoms with Gasteiger partial charge in [0, 0.05) is 10.8 Å². The largest absolute Gasteiger partial charge is 0.455 e. The van der Waals surface area contributed by atoms with Crippen LogP contribution in [0.5, 0.6) is 0 Å². The predicted octanol–water partition coefficient (Wildman–Crippen LogP) is 15.5. The fraction of sp³-hybridized carbons (Fsp3) is 0.283. The molecule has 0 N–H and O–H groups in total. The SMILES string of the molecule is Cc1c(C)c(C)c2c(oc3c(C)c(C)c(-c4c5c(C)c(C)c(C)c(C)c5c(-c5ccccc5-c5ccccc5)c5c(C)c(C)c(C)c(C)c45)c(C)c32)c1C. The zero-order valence-corrected chi connectivity index (χ0v) is 35.1. The maximum Gasteiger partial charge on any atom is 0.138 e. The number of benzene rings is 7. The summed E-state index contributed by atoms with van der Waals surface area (Å²) in [7, 11) is 0. The van der Waals surface area contributed by atoms with Crippen molar-refractivity contribution in [3.05, 3.63) is 138 Å². The minimum absolute atomic E-state index is 1.03. The molecule has 1 nitrogen and oxygen atoms in total. The Morgan fingerprint density at radius 3 is 1.09 bits per heavy atom. The summed E-state index contributed by atoms with van der Waals surface area (Å²) in [6, 6.07) is 20.0. The molecule has 1 heterocycles. The van der Waals surface area contributed by atoms with Crippen LogP contribution in [0.15, 0.2) is 59.0 Å². The van der Waals surface area contributed by atoms with Crippen LogP contribution in [0.1, 0.15) is 83.5 Å². The van der Waals surface area contributed by atoms with Gasteiger partial charge in [-0.05, 0) is 242 Å². The maximum absolute atomic E-state index is 6.95. The molecule has 0 fully saturated rings. The van der Waals surface area contributed by atoms with Crippen LogP contribution < -0.4 is 0 Å². The molecule has 0 aliphatic heterocycles. The van der Waals surface area contributed by atoms with Crippen molar-refractivity contribution in [1.29, 1.82) is 0 Å². The van der Waals surface area contributed by atoms with Gasteiger partial charge in [0.25, 0.3) is 0 Å². The van der Waals surface area contributed by atoms with Crippen molar-refractivity contribution in [2.24, 2.45) is 0 Å². The van der Waals surface area contributed by atoms with Crippen LogP contribution >= 0.6 is 0 Å². The Bertz CT molecular complexity index is 2860. The molecule has 0 amide bonds. The third-order valence-electron chi connectivity index (χ3n) is 14.2. The monoisotopic (exact) mass is 706 g/mol. The highest BCUT2D eigenvalue weighted by molar-refractivity contribution is 6.27. The average Bonchev–Trinajstić information content (AvgIpc) is 3.59. The Morgan fingerprint density at radius 1 is 0.259 bits per heavy atom. The first-order valence-corrected chi connectivity index (χ1v) is 19.6. The molecule has 0 aliphatic rings. The highest BCUT2D eigenvalue weighted by atomic mass is 16.3. The lowest BCUT2D eigenvalue weighted by Gasteiger charge is -2.29. The van der Waals surface area contributed by atoms with E-state index in [1.165, 1.54) is 149 Å². The van der Waals surface area contributed by atoms with Crippen molar-refractivity contribution in [2.75, 3.05) is 0 Å². The minimum Gasteiger partial charge on any atom is -0.455 e. The van der Waals surface area contributed by atoms with Crippen molar-refractivity contribution < 1.29 is 4.42 Å². The molecule has 0 saturated heterocycles. The van der Waals surface area contributed by atoms with Gasteiger partial charge in [-0.1, -0.05) is 54.6 Å². The van der Waals surface area contributed by atoms with Crippen LogP contribution in [-0.2, 0) is 0 Å². The summed E-state index contributed by atoms with van der Waals surface area (Å²) < 4.78 is 6.95. The molecule has 0 bridgehead atoms. The molecule has 7 aromatic carbocycles. The average molecular weight is 707 g/mol. The summed E-state index contributed by atoms with van der Waals surface area (Å²) in [5.74, 6) is 0. The van der Waals surface area contributed by atoms with E-state index in [2.05, 4.69) is 158 Å². The van der Waals surface area contributed by atoms with Gasteiger partial charge in [0.05, 0.1) is 0 Å². The van der Waals surface area contributed by atoms with E-state index < -0.39 is 0 Å². The van der Waals surface area contributed by atoms with E-state index in [4.69, 9.17) is 4.42 Å². The topological polar surface area (TPSA) is 13.1 Å². The molecule has 0 atom stereocenters. The zero-order chi connectivity index (χ0) is 38.8. The van der Waals surface area contributed by atoms with Gasteiger partial charge in [-0.25, -0.2) is 0 Å². The molecule has 0 radical (unpaired) electrons. The summed E-state index contributed by atoms with van der Waals surface area (Å²) in [5, 5.41) is 8.05. The molecule has 8 rings (SSSR count). The van der Waals surface area contributed by atoms with E-state index in [-0.39, 0.29) is 0 Å². The summed E-state index contributed by atoms with van der Waals surface area (Å²) in [5.41, 5.74) is 30.0. The molecule has 0 spiro atoms. The van der Waals surface area contributed by atoms with Gasteiger partial charge in [0.15, 0.2) is 0 Å². The van der Waals surface area contributed by atoms with Gasteiger partial charge >= 0.3 is 0 Å². The lowest BCUT2D eigenvalue weighted by Crippen LogP contribution is -2.05. The quantitative estimate of drug-likeness (QED) is 0.167. The number of furan rings is 1. The van der Waals surface area contributed by atoms with Crippen LogP contribution in [0.4, 0.5) is 0 Å². The van der Waals surface area contributed by atoms with E-state index in [1.54, 1.807) is 0 Å². The van der Waals surface area contributed by atoms with Crippen molar-refractivity contribution >= 4 is 43.5 Å². The first-order valence-electron chi connectivity index (χ1n) is 19.6. The van der Waals surface area contributed by atoms with Gasteiger partial charge < -0.3 is 4.42 Å². The van der Waals surface area contributed by atoms with Gasteiger partial charge in [0.1, 0.15) is 11.2 Å². The molecule has 8 aromatic rings. The zero-order valence-electron chi connectivity index (χ0n) is 35.1. The maximum atomic E-state index is 6.95. The Kier molecular flexibility index (Phi) is 8.27. The highest BCUT2D eigenvalue weighted by Gasteiger charge is 2.30. The second kappa shape index (κ2) is 12.5. The van der Waals surface area contributed by atoms with Crippen molar-refractivity contribution in [3.8, 4) is 33.4 Å². The number of rotatable bonds is 3. The fourth-order valence-electron chi connectivity index (χ4n) is 9.95. The first-order chi connectivity index (χ1) is 25.6. The van der Waals surface area contributed by atoms with E-state index in [1.807, 2.05) is 0 Å². The Morgan fingerprint density at radius 2 is 0.611 bits per heavy atom. The molecular weight excluding hydrogens is 653 g/mol. The van der Waals surface area contributed by atoms with Crippen molar-refractivity contribution in [1.82, 2.24) is 0 Å². The van der Waals surface area contributed by atoms with Gasteiger partial charge in [0.2, 0.25) is 0 Å². The molecule has 0 aliphatic carbocycles. The Hall–Kier alpha value is -5.14. The second-order valence-corrected chi connectivity index (χ2v) is 16.4. The number of hydrogen-bond acceptors (Lipinski definition) is 1. The molecule has 0 saturated carbocycles. The molecule has 54 heavy (non-hydrogen) atoms. The normalized spacial score (nSPS) is 12.0. The second-order valence-electron chi connectivity index (χ2n) is 16.4.